The summed E-state index contributed by atoms with van der Waals surface area (Å²) in [4.78, 5) is 26.2. The quantitative estimate of drug-likeness (QED) is 0.523. The first-order valence-corrected chi connectivity index (χ1v) is 10.7. The number of carbonyl (C=O) groups excluding carboxylic acids is 1. The van der Waals surface area contributed by atoms with Crippen LogP contribution in [0.1, 0.15) is 25.0 Å². The molecule has 0 aliphatic carbocycles. The predicted octanol–water partition coefficient (Wildman–Crippen LogP) is 3.79. The maximum atomic E-state index is 12.7. The maximum absolute atomic E-state index is 12.7. The number of fused-ring (bicyclic) bond motifs is 3. The Labute approximate surface area is 179 Å². The fourth-order valence-corrected chi connectivity index (χ4v) is 5.03. The normalized spacial score (nSPS) is 20.3. The number of amides is 2. The summed E-state index contributed by atoms with van der Waals surface area (Å²) in [6, 6.07) is 12.4. The molecule has 0 radical (unpaired) electrons. The van der Waals surface area contributed by atoms with E-state index < -0.39 is 0 Å². The number of anilines is 1. The van der Waals surface area contributed by atoms with E-state index >= 15 is 0 Å². The molecule has 0 saturated carbocycles. The highest BCUT2D eigenvalue weighted by atomic mass is 16.2. The van der Waals surface area contributed by atoms with Gasteiger partial charge in [0, 0.05) is 60.3 Å². The van der Waals surface area contributed by atoms with Crippen molar-refractivity contribution in [2.45, 2.75) is 31.2 Å². The molecular formula is C23H23N7O. The van der Waals surface area contributed by atoms with Gasteiger partial charge in [-0.25, -0.2) is 9.78 Å². The van der Waals surface area contributed by atoms with Gasteiger partial charge in [0.25, 0.3) is 0 Å². The number of nitrogens with zero attached hydrogens (tertiary/aromatic N) is 5. The molecule has 5 heterocycles. The van der Waals surface area contributed by atoms with Crippen LogP contribution in [0.4, 0.5) is 10.7 Å². The van der Waals surface area contributed by atoms with Crippen LogP contribution < -0.4 is 5.32 Å². The lowest BCUT2D eigenvalue weighted by molar-refractivity contribution is 0.215. The molecule has 1 fully saturated rings. The first-order valence-electron chi connectivity index (χ1n) is 10.7. The van der Waals surface area contributed by atoms with Gasteiger partial charge >= 0.3 is 6.03 Å². The van der Waals surface area contributed by atoms with Crippen molar-refractivity contribution in [1.82, 2.24) is 29.6 Å². The van der Waals surface area contributed by atoms with Crippen molar-refractivity contribution in [2.24, 2.45) is 0 Å². The highest BCUT2D eigenvalue weighted by molar-refractivity contribution is 5.88. The van der Waals surface area contributed by atoms with Crippen molar-refractivity contribution in [3.8, 4) is 11.3 Å². The van der Waals surface area contributed by atoms with E-state index in [1.54, 1.807) is 12.4 Å². The van der Waals surface area contributed by atoms with Crippen LogP contribution in [0.2, 0.25) is 0 Å². The zero-order chi connectivity index (χ0) is 20.8. The Balaban J connectivity index is 1.29. The van der Waals surface area contributed by atoms with Gasteiger partial charge in [0.2, 0.25) is 5.95 Å². The highest BCUT2D eigenvalue weighted by Gasteiger charge is 2.45. The molecule has 8 nitrogen and oxygen atoms in total. The minimum atomic E-state index is -0.109. The van der Waals surface area contributed by atoms with Crippen LogP contribution in [0, 0.1) is 0 Å². The number of rotatable bonds is 2. The molecule has 1 atom stereocenters. The summed E-state index contributed by atoms with van der Waals surface area (Å²) in [6.45, 7) is 2.34. The molecule has 156 valence electrons. The molecule has 1 saturated heterocycles. The SMILES string of the molecule is O=C(Nc1ncc[nH]1)N1CCC2(CCCn3nc(-c4cnc5ccccc5c4)cc32)C1. The predicted molar refractivity (Wildman–Crippen MR) is 118 cm³/mol. The third kappa shape index (κ3) is 3.06. The largest absolute Gasteiger partial charge is 0.331 e. The number of imidazole rings is 1. The lowest BCUT2D eigenvalue weighted by Crippen LogP contribution is -2.40. The second kappa shape index (κ2) is 6.94. The zero-order valence-corrected chi connectivity index (χ0v) is 17.1. The van der Waals surface area contributed by atoms with Gasteiger partial charge in [-0.15, -0.1) is 0 Å². The molecule has 8 heteroatoms. The lowest BCUT2D eigenvalue weighted by Gasteiger charge is -2.33. The molecule has 2 amide bonds. The molecule has 0 bridgehead atoms. The molecule has 3 aromatic heterocycles. The van der Waals surface area contributed by atoms with Gasteiger partial charge in [-0.3, -0.25) is 15.0 Å². The van der Waals surface area contributed by atoms with Crippen molar-refractivity contribution in [2.75, 3.05) is 18.4 Å². The van der Waals surface area contributed by atoms with Gasteiger partial charge in [-0.1, -0.05) is 18.2 Å². The second-order valence-corrected chi connectivity index (χ2v) is 8.48. The third-order valence-electron chi connectivity index (χ3n) is 6.60. The summed E-state index contributed by atoms with van der Waals surface area (Å²) in [5.74, 6) is 0.478. The van der Waals surface area contributed by atoms with Crippen LogP contribution >= 0.6 is 0 Å². The first-order chi connectivity index (χ1) is 15.2. The molecular weight excluding hydrogens is 390 g/mol. The van der Waals surface area contributed by atoms with Crippen molar-refractivity contribution in [3.63, 3.8) is 0 Å². The van der Waals surface area contributed by atoms with E-state index in [-0.39, 0.29) is 11.4 Å². The number of aromatic amines is 1. The highest BCUT2D eigenvalue weighted by Crippen LogP contribution is 2.43. The lowest BCUT2D eigenvalue weighted by atomic mass is 9.77. The zero-order valence-electron chi connectivity index (χ0n) is 17.1. The van der Waals surface area contributed by atoms with Gasteiger partial charge < -0.3 is 9.88 Å². The number of pyridine rings is 1. The molecule has 6 rings (SSSR count). The maximum Gasteiger partial charge on any atom is 0.324 e. The summed E-state index contributed by atoms with van der Waals surface area (Å²) in [5, 5.41) is 8.88. The van der Waals surface area contributed by atoms with E-state index in [9.17, 15) is 4.79 Å². The standard InChI is InChI=1S/C23H23N7O/c31-22(27-21-24-8-9-25-21)29-11-7-23(15-29)6-3-10-30-20(23)13-19(28-30)17-12-16-4-1-2-5-18(16)26-14-17/h1-2,4-5,8-9,12-14H,3,6-7,10-11,15H2,(H2,24,25,27,31). The molecule has 1 unspecified atom stereocenters. The fourth-order valence-electron chi connectivity index (χ4n) is 5.03. The van der Waals surface area contributed by atoms with E-state index in [0.29, 0.717) is 12.5 Å². The minimum Gasteiger partial charge on any atom is -0.331 e. The monoisotopic (exact) mass is 413 g/mol. The molecule has 2 aliphatic rings. The molecule has 2 N–H and O–H groups in total. The topological polar surface area (TPSA) is 91.7 Å². The van der Waals surface area contributed by atoms with Crippen LogP contribution in [0.25, 0.3) is 22.2 Å². The molecule has 4 aromatic rings. The van der Waals surface area contributed by atoms with Gasteiger partial charge in [-0.2, -0.15) is 5.10 Å². The van der Waals surface area contributed by atoms with Crippen LogP contribution in [0.5, 0.6) is 0 Å². The van der Waals surface area contributed by atoms with E-state index in [1.807, 2.05) is 29.3 Å². The van der Waals surface area contributed by atoms with Crippen molar-refractivity contribution < 1.29 is 4.79 Å². The Morgan fingerprint density at radius 2 is 2.06 bits per heavy atom. The Hall–Kier alpha value is -3.68. The fraction of sp³-hybridized carbons (Fsp3) is 0.304. The Morgan fingerprint density at radius 3 is 2.97 bits per heavy atom. The summed E-state index contributed by atoms with van der Waals surface area (Å²) in [6.07, 6.45) is 8.31. The number of hydrogen-bond donors (Lipinski definition) is 2. The van der Waals surface area contributed by atoms with E-state index in [4.69, 9.17) is 5.10 Å². The number of urea groups is 1. The number of aryl methyl sites for hydroxylation is 1. The van der Waals surface area contributed by atoms with Gasteiger partial charge in [-0.05, 0) is 37.5 Å². The second-order valence-electron chi connectivity index (χ2n) is 8.48. The van der Waals surface area contributed by atoms with Crippen LogP contribution in [-0.4, -0.2) is 48.8 Å². The van der Waals surface area contributed by atoms with Gasteiger partial charge in [0.1, 0.15) is 0 Å². The van der Waals surface area contributed by atoms with Crippen LogP contribution in [0.3, 0.4) is 0 Å². The number of hydrogen-bond acceptors (Lipinski definition) is 4. The molecule has 1 spiro atoms. The third-order valence-corrected chi connectivity index (χ3v) is 6.60. The van der Waals surface area contributed by atoms with Gasteiger partial charge in [0.15, 0.2) is 0 Å². The molecule has 1 aromatic carbocycles. The minimum absolute atomic E-state index is 0.0473. The Bertz CT molecular complexity index is 1260. The van der Waals surface area contributed by atoms with E-state index in [0.717, 1.165) is 54.5 Å². The number of H-pyrrole nitrogens is 1. The van der Waals surface area contributed by atoms with Gasteiger partial charge in [0.05, 0.1) is 11.2 Å². The molecule has 2 aliphatic heterocycles. The van der Waals surface area contributed by atoms with Crippen molar-refractivity contribution >= 4 is 22.9 Å². The number of aromatic nitrogens is 5. The summed E-state index contributed by atoms with van der Waals surface area (Å²) in [5.41, 5.74) is 4.15. The average molecular weight is 413 g/mol. The number of carbonyl (C=O) groups is 1. The summed E-state index contributed by atoms with van der Waals surface area (Å²) in [7, 11) is 0. The van der Waals surface area contributed by atoms with Crippen LogP contribution in [-0.2, 0) is 12.0 Å². The van der Waals surface area contributed by atoms with E-state index in [1.165, 1.54) is 5.69 Å². The number of para-hydroxylation sites is 1. The van der Waals surface area contributed by atoms with Crippen LogP contribution in [0.15, 0.2) is 55.0 Å². The first kappa shape index (κ1) is 18.1. The Kier molecular flexibility index (Phi) is 4.05. The number of nitrogens with one attached hydrogen (secondary N) is 2. The average Bonchev–Trinajstić information content (AvgIpc) is 3.54. The molecule has 31 heavy (non-hydrogen) atoms. The number of benzene rings is 1. The number of likely N-dealkylation sites (tertiary alicyclic amines) is 1. The van der Waals surface area contributed by atoms with Crippen molar-refractivity contribution in [3.05, 3.63) is 60.7 Å². The van der Waals surface area contributed by atoms with E-state index in [2.05, 4.69) is 43.1 Å². The summed E-state index contributed by atoms with van der Waals surface area (Å²) >= 11 is 0. The Morgan fingerprint density at radius 1 is 1.13 bits per heavy atom. The van der Waals surface area contributed by atoms with Crippen molar-refractivity contribution in [1.29, 1.82) is 0 Å². The smallest absolute Gasteiger partial charge is 0.324 e. The summed E-state index contributed by atoms with van der Waals surface area (Å²) < 4.78 is 2.14.